The van der Waals surface area contributed by atoms with Crippen LogP contribution < -0.4 is 9.04 Å². The maximum atomic E-state index is 14.3. The highest BCUT2D eigenvalue weighted by Gasteiger charge is 2.33. The van der Waals surface area contributed by atoms with Crippen LogP contribution in [0.5, 0.6) is 5.75 Å². The smallest absolute Gasteiger partial charge is 0.339 e. The number of anilines is 1. The Morgan fingerprint density at radius 2 is 1.96 bits per heavy atom. The molecule has 0 unspecified atom stereocenters. The highest BCUT2D eigenvalue weighted by molar-refractivity contribution is 7.92. The van der Waals surface area contributed by atoms with Gasteiger partial charge in [-0.25, -0.2) is 22.0 Å². The molecule has 1 aliphatic heterocycles. The number of carboxylic acids is 1. The fourth-order valence-corrected chi connectivity index (χ4v) is 4.57. The molecule has 26 heavy (non-hydrogen) atoms. The maximum Gasteiger partial charge on any atom is 0.339 e. The van der Waals surface area contributed by atoms with Crippen LogP contribution >= 0.6 is 0 Å². The molecule has 0 saturated heterocycles. The van der Waals surface area contributed by atoms with Crippen molar-refractivity contribution in [2.45, 2.75) is 17.7 Å². The summed E-state index contributed by atoms with van der Waals surface area (Å²) in [6.07, 6.45) is 0.732. The Balaban J connectivity index is 2.14. The number of halogens is 2. The van der Waals surface area contributed by atoms with Gasteiger partial charge in [0.2, 0.25) is 0 Å². The zero-order chi connectivity index (χ0) is 19.1. The van der Waals surface area contributed by atoms with Gasteiger partial charge in [-0.15, -0.1) is 0 Å². The van der Waals surface area contributed by atoms with Crippen molar-refractivity contribution in [3.63, 3.8) is 0 Å². The number of benzene rings is 2. The number of rotatable bonds is 4. The predicted octanol–water partition coefficient (Wildman–Crippen LogP) is 2.81. The van der Waals surface area contributed by atoms with Gasteiger partial charge < -0.3 is 9.84 Å². The summed E-state index contributed by atoms with van der Waals surface area (Å²) in [5.41, 5.74) is -0.278. The first-order valence-corrected chi connectivity index (χ1v) is 9.11. The summed E-state index contributed by atoms with van der Waals surface area (Å²) in [5, 5.41) is 9.24. The van der Waals surface area contributed by atoms with Crippen LogP contribution in [0.4, 0.5) is 14.5 Å². The first-order chi connectivity index (χ1) is 12.3. The quantitative estimate of drug-likeness (QED) is 0.878. The van der Waals surface area contributed by atoms with Crippen LogP contribution in [0, 0.1) is 11.6 Å². The van der Waals surface area contributed by atoms with Crippen LogP contribution in [0.15, 0.2) is 35.2 Å². The van der Waals surface area contributed by atoms with E-state index in [1.807, 2.05) is 0 Å². The number of carboxylic acid groups (broad SMARTS) is 1. The fraction of sp³-hybridized carbons (Fsp3) is 0.235. The molecule has 6 nitrogen and oxygen atoms in total. The number of ether oxygens (including phenoxy) is 1. The average Bonchev–Trinajstić information content (AvgIpc) is 2.60. The molecule has 9 heteroatoms. The Kier molecular flexibility index (Phi) is 4.57. The minimum Gasteiger partial charge on any atom is -0.496 e. The summed E-state index contributed by atoms with van der Waals surface area (Å²) >= 11 is 0. The molecule has 2 aromatic rings. The van der Waals surface area contributed by atoms with E-state index in [4.69, 9.17) is 4.74 Å². The number of fused-ring (bicyclic) bond motifs is 1. The molecule has 1 heterocycles. The second-order valence-electron chi connectivity index (χ2n) is 5.74. The van der Waals surface area contributed by atoms with Gasteiger partial charge in [0.05, 0.1) is 17.7 Å². The highest BCUT2D eigenvalue weighted by Crippen LogP contribution is 2.35. The number of aromatic carboxylic acids is 1. The molecule has 0 amide bonds. The van der Waals surface area contributed by atoms with Gasteiger partial charge in [0.1, 0.15) is 17.1 Å². The number of hydrogen-bond acceptors (Lipinski definition) is 4. The standard InChI is InChI=1S/C17H15F2NO5S/c1-25-15-5-4-12(9-13(15)17(21)22)26(23,24)20-6-2-3-10-7-11(18)8-14(19)16(10)20/h4-5,7-9H,2-3,6H2,1H3,(H,21,22). The van der Waals surface area contributed by atoms with Gasteiger partial charge in [-0.3, -0.25) is 4.31 Å². The molecule has 0 saturated carbocycles. The van der Waals surface area contributed by atoms with Crippen molar-refractivity contribution >= 4 is 21.7 Å². The van der Waals surface area contributed by atoms with Crippen LogP contribution in [0.2, 0.25) is 0 Å². The molecular formula is C17H15F2NO5S. The molecule has 0 aliphatic carbocycles. The lowest BCUT2D eigenvalue weighted by molar-refractivity contribution is 0.0693. The first kappa shape index (κ1) is 18.1. The Morgan fingerprint density at radius 1 is 1.23 bits per heavy atom. The predicted molar refractivity (Wildman–Crippen MR) is 89.2 cm³/mol. The van der Waals surface area contributed by atoms with Crippen LogP contribution in [0.3, 0.4) is 0 Å². The SMILES string of the molecule is COc1ccc(S(=O)(=O)N2CCCc3cc(F)cc(F)c32)cc1C(=O)O. The third-order valence-electron chi connectivity index (χ3n) is 4.15. The number of carbonyl (C=O) groups is 1. The third kappa shape index (κ3) is 2.98. The van der Waals surface area contributed by atoms with Gasteiger partial charge in [0, 0.05) is 12.6 Å². The molecule has 0 fully saturated rings. The lowest BCUT2D eigenvalue weighted by Gasteiger charge is -2.31. The molecule has 0 aromatic heterocycles. The number of methoxy groups -OCH3 is 1. The normalized spacial score (nSPS) is 14.0. The van der Waals surface area contributed by atoms with Gasteiger partial charge in [0.25, 0.3) is 10.0 Å². The van der Waals surface area contributed by atoms with Gasteiger partial charge in [-0.2, -0.15) is 0 Å². The zero-order valence-electron chi connectivity index (χ0n) is 13.7. The second-order valence-corrected chi connectivity index (χ2v) is 7.61. The van der Waals surface area contributed by atoms with E-state index in [1.165, 1.54) is 19.2 Å². The number of hydrogen-bond donors (Lipinski definition) is 1. The number of sulfonamides is 1. The Bertz CT molecular complexity index is 991. The van der Waals surface area contributed by atoms with Crippen molar-refractivity contribution in [3.8, 4) is 5.75 Å². The van der Waals surface area contributed by atoms with E-state index in [2.05, 4.69) is 0 Å². The Hall–Kier alpha value is -2.68. The first-order valence-electron chi connectivity index (χ1n) is 7.67. The van der Waals surface area contributed by atoms with E-state index < -0.39 is 27.6 Å². The van der Waals surface area contributed by atoms with E-state index in [9.17, 15) is 27.1 Å². The van der Waals surface area contributed by atoms with Gasteiger partial charge in [0.15, 0.2) is 5.82 Å². The van der Waals surface area contributed by atoms with E-state index >= 15 is 0 Å². The summed E-state index contributed by atoms with van der Waals surface area (Å²) in [7, 11) is -2.98. The van der Waals surface area contributed by atoms with Crippen molar-refractivity contribution < 1.29 is 31.8 Å². The van der Waals surface area contributed by atoms with Crippen LogP contribution in [-0.4, -0.2) is 33.1 Å². The van der Waals surface area contributed by atoms with E-state index in [0.29, 0.717) is 18.9 Å². The van der Waals surface area contributed by atoms with E-state index in [0.717, 1.165) is 16.4 Å². The lowest BCUT2D eigenvalue weighted by atomic mass is 10.0. The molecule has 0 atom stereocenters. The summed E-state index contributed by atoms with van der Waals surface area (Å²) in [6.45, 7) is 0.00627. The summed E-state index contributed by atoms with van der Waals surface area (Å²) in [4.78, 5) is 11.0. The van der Waals surface area contributed by atoms with Crippen LogP contribution in [-0.2, 0) is 16.4 Å². The fourth-order valence-electron chi connectivity index (χ4n) is 3.00. The van der Waals surface area contributed by atoms with Crippen LogP contribution in [0.1, 0.15) is 22.3 Å². The average molecular weight is 383 g/mol. The van der Waals surface area contributed by atoms with Crippen molar-refractivity contribution in [2.75, 3.05) is 18.0 Å². The molecular weight excluding hydrogens is 368 g/mol. The highest BCUT2D eigenvalue weighted by atomic mass is 32.2. The lowest BCUT2D eigenvalue weighted by Crippen LogP contribution is -2.36. The molecule has 1 aliphatic rings. The molecule has 0 spiro atoms. The molecule has 138 valence electrons. The molecule has 0 bridgehead atoms. The van der Waals surface area contributed by atoms with Gasteiger partial charge in [-0.1, -0.05) is 0 Å². The largest absolute Gasteiger partial charge is 0.496 e. The molecule has 3 rings (SSSR count). The van der Waals surface area contributed by atoms with Gasteiger partial charge in [-0.05, 0) is 42.7 Å². The van der Waals surface area contributed by atoms with Crippen molar-refractivity contribution in [2.24, 2.45) is 0 Å². The maximum absolute atomic E-state index is 14.3. The minimum atomic E-state index is -4.24. The molecule has 2 aromatic carbocycles. The summed E-state index contributed by atoms with van der Waals surface area (Å²) in [5.74, 6) is -3.11. The van der Waals surface area contributed by atoms with Crippen LogP contribution in [0.25, 0.3) is 0 Å². The third-order valence-corrected chi connectivity index (χ3v) is 5.95. The molecule has 1 N–H and O–H groups in total. The van der Waals surface area contributed by atoms with Gasteiger partial charge >= 0.3 is 5.97 Å². The molecule has 0 radical (unpaired) electrons. The van der Waals surface area contributed by atoms with E-state index in [-0.39, 0.29) is 34.0 Å². The Morgan fingerprint density at radius 3 is 2.62 bits per heavy atom. The monoisotopic (exact) mass is 383 g/mol. The van der Waals surface area contributed by atoms with E-state index in [1.54, 1.807) is 0 Å². The second kappa shape index (κ2) is 6.56. The van der Waals surface area contributed by atoms with Crippen molar-refractivity contribution in [1.82, 2.24) is 0 Å². The van der Waals surface area contributed by atoms with Crippen molar-refractivity contribution in [3.05, 3.63) is 53.1 Å². The van der Waals surface area contributed by atoms with Crippen molar-refractivity contribution in [1.29, 1.82) is 0 Å². The zero-order valence-corrected chi connectivity index (χ0v) is 14.5. The Labute approximate surface area is 148 Å². The number of nitrogens with zero attached hydrogens (tertiary/aromatic N) is 1. The number of aryl methyl sites for hydroxylation is 1. The summed E-state index contributed by atoms with van der Waals surface area (Å²) < 4.78 is 59.5. The topological polar surface area (TPSA) is 83.9 Å². The minimum absolute atomic E-state index is 0.00347. The summed E-state index contributed by atoms with van der Waals surface area (Å²) in [6, 6.07) is 5.12.